The van der Waals surface area contributed by atoms with Crippen LogP contribution < -0.4 is 0 Å². The van der Waals surface area contributed by atoms with E-state index in [2.05, 4.69) is 0 Å². The lowest BCUT2D eigenvalue weighted by Gasteiger charge is -2.44. The Hall–Kier alpha value is -1.30. The molecule has 6 nitrogen and oxygen atoms in total. The molecule has 19 heavy (non-hydrogen) atoms. The maximum Gasteiger partial charge on any atom is 0.347 e. The maximum atomic E-state index is 12.0. The molecule has 2 atom stereocenters. The van der Waals surface area contributed by atoms with Crippen molar-refractivity contribution in [2.24, 2.45) is 5.92 Å². The normalized spacial score (nSPS) is 27.5. The van der Waals surface area contributed by atoms with Crippen molar-refractivity contribution in [3.05, 3.63) is 0 Å². The van der Waals surface area contributed by atoms with Gasteiger partial charge in [0.2, 0.25) is 6.23 Å². The van der Waals surface area contributed by atoms with E-state index >= 15 is 0 Å². The monoisotopic (exact) mass is 270 g/mol. The molecule has 2 fully saturated rings. The summed E-state index contributed by atoms with van der Waals surface area (Å²) in [6, 6.07) is -0.361. The van der Waals surface area contributed by atoms with Crippen molar-refractivity contribution in [3.63, 3.8) is 0 Å². The fourth-order valence-electron chi connectivity index (χ4n) is 2.72. The summed E-state index contributed by atoms with van der Waals surface area (Å²) >= 11 is 0. The number of carbonyl (C=O) groups is 2. The van der Waals surface area contributed by atoms with Gasteiger partial charge in [0.15, 0.2) is 0 Å². The molecule has 0 radical (unpaired) electrons. The van der Waals surface area contributed by atoms with Crippen LogP contribution in [-0.4, -0.2) is 46.0 Å². The lowest BCUT2D eigenvalue weighted by Crippen LogP contribution is -2.59. The van der Waals surface area contributed by atoms with Crippen LogP contribution in [0.2, 0.25) is 0 Å². The smallest absolute Gasteiger partial charge is 0.347 e. The van der Waals surface area contributed by atoms with E-state index in [1.807, 2.05) is 13.8 Å². The summed E-state index contributed by atoms with van der Waals surface area (Å²) in [6.07, 6.45) is 2.91. The Morgan fingerprint density at radius 2 is 2.21 bits per heavy atom. The van der Waals surface area contributed by atoms with Gasteiger partial charge in [-0.1, -0.05) is 13.8 Å². The molecule has 1 N–H and O–H groups in total. The highest BCUT2D eigenvalue weighted by molar-refractivity contribution is 5.76. The SMILES string of the molecule is CC(C)CC(=O)OC1CC2CCCCN2C(=O)N1O. The number of amides is 2. The number of hydrogen-bond acceptors (Lipinski definition) is 4. The Morgan fingerprint density at radius 1 is 1.47 bits per heavy atom. The van der Waals surface area contributed by atoms with Gasteiger partial charge in [0, 0.05) is 25.4 Å². The average Bonchev–Trinajstić information content (AvgIpc) is 2.34. The van der Waals surface area contributed by atoms with Crippen LogP contribution in [0.3, 0.4) is 0 Å². The second kappa shape index (κ2) is 5.77. The molecule has 2 unspecified atom stereocenters. The summed E-state index contributed by atoms with van der Waals surface area (Å²) in [5, 5.41) is 10.4. The van der Waals surface area contributed by atoms with Gasteiger partial charge < -0.3 is 9.64 Å². The first-order valence-corrected chi connectivity index (χ1v) is 6.97. The fourth-order valence-corrected chi connectivity index (χ4v) is 2.72. The molecule has 2 heterocycles. The van der Waals surface area contributed by atoms with Gasteiger partial charge in [-0.2, -0.15) is 5.06 Å². The van der Waals surface area contributed by atoms with Crippen molar-refractivity contribution in [1.82, 2.24) is 9.96 Å². The van der Waals surface area contributed by atoms with Crippen molar-refractivity contribution in [2.45, 2.75) is 58.2 Å². The van der Waals surface area contributed by atoms with E-state index in [0.29, 0.717) is 24.4 Å². The van der Waals surface area contributed by atoms with E-state index < -0.39 is 12.3 Å². The number of ether oxygens (including phenoxy) is 1. The molecule has 0 aromatic carbocycles. The largest absolute Gasteiger partial charge is 0.439 e. The molecule has 6 heteroatoms. The fraction of sp³-hybridized carbons (Fsp3) is 0.846. The molecule has 0 saturated carbocycles. The molecule has 2 rings (SSSR count). The predicted octanol–water partition coefficient (Wildman–Crippen LogP) is 1.97. The average molecular weight is 270 g/mol. The van der Waals surface area contributed by atoms with Crippen LogP contribution in [-0.2, 0) is 9.53 Å². The number of fused-ring (bicyclic) bond motifs is 1. The van der Waals surface area contributed by atoms with E-state index in [1.165, 1.54) is 0 Å². The Balaban J connectivity index is 1.97. The highest BCUT2D eigenvalue weighted by Gasteiger charge is 2.41. The zero-order valence-corrected chi connectivity index (χ0v) is 11.5. The standard InChI is InChI=1S/C13H22N2O4/c1-9(2)7-12(16)19-11-8-10-5-3-4-6-14(10)13(17)15(11)18/h9-11,18H,3-8H2,1-2H3. The van der Waals surface area contributed by atoms with Gasteiger partial charge >= 0.3 is 12.0 Å². The van der Waals surface area contributed by atoms with Crippen LogP contribution in [0.5, 0.6) is 0 Å². The summed E-state index contributed by atoms with van der Waals surface area (Å²) in [4.78, 5) is 25.3. The molecule has 2 saturated heterocycles. The second-order valence-corrected chi connectivity index (χ2v) is 5.75. The lowest BCUT2D eigenvalue weighted by molar-refractivity contribution is -0.212. The maximum absolute atomic E-state index is 12.0. The number of carbonyl (C=O) groups excluding carboxylic acids is 2. The van der Waals surface area contributed by atoms with Crippen LogP contribution in [0, 0.1) is 5.92 Å². The third kappa shape index (κ3) is 3.18. The summed E-state index contributed by atoms with van der Waals surface area (Å²) in [7, 11) is 0. The molecule has 0 bridgehead atoms. The quantitative estimate of drug-likeness (QED) is 0.628. The van der Waals surface area contributed by atoms with Crippen molar-refractivity contribution in [1.29, 1.82) is 0 Å². The molecule has 0 aliphatic carbocycles. The third-order valence-electron chi connectivity index (χ3n) is 3.66. The first-order chi connectivity index (χ1) is 8.99. The van der Waals surface area contributed by atoms with Crippen LogP contribution in [0.25, 0.3) is 0 Å². The molecule has 0 aromatic rings. The van der Waals surface area contributed by atoms with Crippen molar-refractivity contribution < 1.29 is 19.5 Å². The van der Waals surface area contributed by atoms with Gasteiger partial charge in [-0.25, -0.2) is 4.79 Å². The van der Waals surface area contributed by atoms with Gasteiger partial charge in [0.25, 0.3) is 0 Å². The van der Waals surface area contributed by atoms with Crippen molar-refractivity contribution in [3.8, 4) is 0 Å². The van der Waals surface area contributed by atoms with Gasteiger partial charge in [-0.15, -0.1) is 0 Å². The van der Waals surface area contributed by atoms with E-state index in [4.69, 9.17) is 4.74 Å². The second-order valence-electron chi connectivity index (χ2n) is 5.75. The number of piperidine rings is 1. The number of hydroxylamine groups is 2. The summed E-state index contributed by atoms with van der Waals surface area (Å²) in [6.45, 7) is 4.52. The summed E-state index contributed by atoms with van der Waals surface area (Å²) < 4.78 is 5.22. The Bertz CT molecular complexity index is 359. The van der Waals surface area contributed by atoms with E-state index in [1.54, 1.807) is 4.90 Å². The van der Waals surface area contributed by atoms with Crippen molar-refractivity contribution >= 4 is 12.0 Å². The zero-order chi connectivity index (χ0) is 14.0. The van der Waals surface area contributed by atoms with Gasteiger partial charge in [0.1, 0.15) is 0 Å². The molecule has 0 spiro atoms. The molecule has 0 aromatic heterocycles. The minimum Gasteiger partial charge on any atom is -0.439 e. The predicted molar refractivity (Wildman–Crippen MR) is 67.3 cm³/mol. The Kier molecular flexibility index (Phi) is 4.29. The Morgan fingerprint density at radius 3 is 2.89 bits per heavy atom. The molecule has 2 amide bonds. The van der Waals surface area contributed by atoms with Gasteiger partial charge in [-0.05, 0) is 25.2 Å². The van der Waals surface area contributed by atoms with Gasteiger partial charge in [0.05, 0.1) is 0 Å². The van der Waals surface area contributed by atoms with E-state index in [9.17, 15) is 14.8 Å². The van der Waals surface area contributed by atoms with Crippen LogP contribution >= 0.6 is 0 Å². The topological polar surface area (TPSA) is 70.1 Å². The molecule has 2 aliphatic heterocycles. The first kappa shape index (κ1) is 14.1. The third-order valence-corrected chi connectivity index (χ3v) is 3.66. The Labute approximate surface area is 113 Å². The summed E-state index contributed by atoms with van der Waals surface area (Å²) in [5.74, 6) is -0.166. The number of hydrogen-bond donors (Lipinski definition) is 1. The lowest BCUT2D eigenvalue weighted by atomic mass is 9.97. The zero-order valence-electron chi connectivity index (χ0n) is 11.5. The molecule has 2 aliphatic rings. The van der Waals surface area contributed by atoms with E-state index in [-0.39, 0.29) is 17.9 Å². The number of urea groups is 1. The highest BCUT2D eigenvalue weighted by atomic mass is 16.6. The summed E-state index contributed by atoms with van der Waals surface area (Å²) in [5.41, 5.74) is 0. The van der Waals surface area contributed by atoms with Crippen molar-refractivity contribution in [2.75, 3.05) is 6.54 Å². The minimum absolute atomic E-state index is 0.0847. The minimum atomic E-state index is -0.835. The number of nitrogens with zero attached hydrogens (tertiary/aromatic N) is 2. The van der Waals surface area contributed by atoms with Crippen LogP contribution in [0.15, 0.2) is 0 Å². The van der Waals surface area contributed by atoms with Crippen LogP contribution in [0.4, 0.5) is 4.79 Å². The number of esters is 1. The number of rotatable bonds is 3. The molecular formula is C13H22N2O4. The molecule has 108 valence electrons. The van der Waals surface area contributed by atoms with E-state index in [0.717, 1.165) is 19.3 Å². The van der Waals surface area contributed by atoms with Crippen LogP contribution in [0.1, 0.15) is 46.0 Å². The molecular weight excluding hydrogens is 248 g/mol. The van der Waals surface area contributed by atoms with Gasteiger partial charge in [-0.3, -0.25) is 10.0 Å². The first-order valence-electron chi connectivity index (χ1n) is 6.97. The highest BCUT2D eigenvalue weighted by Crippen LogP contribution is 2.28.